The van der Waals surface area contributed by atoms with Gasteiger partial charge < -0.3 is 9.94 Å². The number of nitrogens with zero attached hydrogens (tertiary/aromatic N) is 1. The Morgan fingerprint density at radius 1 is 1.54 bits per heavy atom. The Morgan fingerprint density at radius 3 is 2.46 bits per heavy atom. The molecule has 78 valence electrons. The molecule has 1 atom stereocenters. The normalized spacial score (nSPS) is 15.1. The summed E-state index contributed by atoms with van der Waals surface area (Å²) in [5.74, 6) is -1.51. The third-order valence-corrected chi connectivity index (χ3v) is 1.14. The molecule has 0 spiro atoms. The molecule has 0 bridgehead atoms. The number of methoxy groups -OCH3 is 1. The molecule has 0 unspecified atom stereocenters. The first-order chi connectivity index (χ1) is 6.11. The van der Waals surface area contributed by atoms with Gasteiger partial charge in [-0.3, -0.25) is 5.21 Å². The van der Waals surface area contributed by atoms with Gasteiger partial charge in [0.2, 0.25) is 0 Å². The predicted molar refractivity (Wildman–Crippen MR) is 39.5 cm³/mol. The number of nitrogens with one attached hydrogen (secondary N) is 2. The van der Waals surface area contributed by atoms with Crippen LogP contribution in [-0.4, -0.2) is 28.7 Å². The van der Waals surface area contributed by atoms with Crippen molar-refractivity contribution in [2.24, 2.45) is 0 Å². The van der Waals surface area contributed by atoms with Crippen LogP contribution < -0.4 is 11.1 Å². The van der Waals surface area contributed by atoms with Crippen LogP contribution in [0.3, 0.4) is 0 Å². The molecule has 0 aromatic rings. The summed E-state index contributed by atoms with van der Waals surface area (Å²) >= 11 is 0. The number of hydrogen-bond donors (Lipinski definition) is 4. The minimum Gasteiger partial charge on any atom is -0.338 e. The molecule has 8 nitrogen and oxygen atoms in total. The van der Waals surface area contributed by atoms with Gasteiger partial charge in [0.15, 0.2) is 0 Å². The summed E-state index contributed by atoms with van der Waals surface area (Å²) in [5.41, 5.74) is 3.08. The molecule has 13 heavy (non-hydrogen) atoms. The van der Waals surface area contributed by atoms with Crippen molar-refractivity contribution in [2.45, 2.75) is 12.8 Å². The topological polar surface area (TPSA) is 95.5 Å². The van der Waals surface area contributed by atoms with Crippen LogP contribution in [0.2, 0.25) is 0 Å². The van der Waals surface area contributed by atoms with Gasteiger partial charge in [0.25, 0.3) is 5.91 Å². The summed E-state index contributed by atoms with van der Waals surface area (Å²) in [6.07, 6.45) is 1.08. The second-order valence-electron chi connectivity index (χ2n) is 2.00. The summed E-state index contributed by atoms with van der Waals surface area (Å²) in [6.45, 7) is 4.66. The van der Waals surface area contributed by atoms with E-state index in [1.165, 1.54) is 19.7 Å². The molecule has 0 aromatic heterocycles. The number of rotatable bonds is 7. The van der Waals surface area contributed by atoms with Gasteiger partial charge in [-0.05, 0) is 0 Å². The molecule has 8 heteroatoms. The highest BCUT2D eigenvalue weighted by molar-refractivity contribution is 4.57. The van der Waals surface area contributed by atoms with Gasteiger partial charge in [0, 0.05) is 14.0 Å². The molecule has 0 aliphatic rings. The summed E-state index contributed by atoms with van der Waals surface area (Å²) in [5, 5.41) is 17.4. The number of hydrogen-bond acceptors (Lipinski definition) is 8. The lowest BCUT2D eigenvalue weighted by Crippen LogP contribution is -2.49. The molecule has 0 saturated heterocycles. The second-order valence-corrected chi connectivity index (χ2v) is 2.00. The lowest BCUT2D eigenvalue weighted by atomic mass is 10.6. The largest absolute Gasteiger partial charge is 0.338 e. The fraction of sp³-hybridized carbons (Fsp3) is 0.600. The van der Waals surface area contributed by atoms with Crippen LogP contribution in [-0.2, 0) is 14.5 Å². The lowest BCUT2D eigenvalue weighted by molar-refractivity contribution is -0.477. The molecule has 0 aromatic carbocycles. The van der Waals surface area contributed by atoms with Crippen LogP contribution in [0.15, 0.2) is 12.8 Å². The molecule has 4 N–H and O–H groups in total. The second kappa shape index (κ2) is 5.83. The zero-order valence-electron chi connectivity index (χ0n) is 7.35. The van der Waals surface area contributed by atoms with E-state index in [1.807, 2.05) is 0 Å². The van der Waals surface area contributed by atoms with Gasteiger partial charge in [0.1, 0.15) is 0 Å². The van der Waals surface area contributed by atoms with Gasteiger partial charge in [-0.2, -0.15) is 4.84 Å². The van der Waals surface area contributed by atoms with Crippen LogP contribution >= 0.6 is 0 Å². The summed E-state index contributed by atoms with van der Waals surface area (Å²) in [4.78, 5) is 9.07. The Morgan fingerprint density at radius 2 is 2.15 bits per heavy atom. The fourth-order valence-electron chi connectivity index (χ4n) is 0.408. The van der Waals surface area contributed by atoms with E-state index >= 15 is 0 Å². The predicted octanol–water partition coefficient (Wildman–Crippen LogP) is -0.512. The van der Waals surface area contributed by atoms with E-state index < -0.39 is 5.91 Å². The number of hydroxylamine groups is 3. The van der Waals surface area contributed by atoms with Gasteiger partial charge in [-0.25, -0.2) is 0 Å². The standard InChI is InChI=1S/C5H13N3O5/c1-4-8(13-7-10)12-5(2,6-9)11-3/h4,6-7,9-10H,1H2,2-3H3/t5-/m0/s1. The molecule has 0 aliphatic heterocycles. The first-order valence-corrected chi connectivity index (χ1v) is 3.25. The van der Waals surface area contributed by atoms with Gasteiger partial charge >= 0.3 is 0 Å². The zero-order chi connectivity index (χ0) is 10.3. The van der Waals surface area contributed by atoms with Crippen molar-refractivity contribution in [3.05, 3.63) is 12.8 Å². The van der Waals surface area contributed by atoms with Gasteiger partial charge in [-0.1, -0.05) is 12.2 Å². The van der Waals surface area contributed by atoms with E-state index in [4.69, 9.17) is 20.0 Å². The van der Waals surface area contributed by atoms with Gasteiger partial charge in [0.05, 0.1) is 6.20 Å². The van der Waals surface area contributed by atoms with E-state index in [2.05, 4.69) is 11.5 Å². The first kappa shape index (κ1) is 12.3. The minimum absolute atomic E-state index is 0.632. The maximum atomic E-state index is 8.60. The molecule has 0 radical (unpaired) electrons. The summed E-state index contributed by atoms with van der Waals surface area (Å²) < 4.78 is 4.70. The average molecular weight is 195 g/mol. The van der Waals surface area contributed by atoms with E-state index in [0.717, 1.165) is 6.20 Å². The quantitative estimate of drug-likeness (QED) is 0.318. The highest BCUT2D eigenvalue weighted by Crippen LogP contribution is 2.08. The lowest BCUT2D eigenvalue weighted by Gasteiger charge is -2.29. The third-order valence-electron chi connectivity index (χ3n) is 1.14. The molecular weight excluding hydrogens is 182 g/mol. The third kappa shape index (κ3) is 4.15. The minimum atomic E-state index is -1.51. The molecule has 0 rings (SSSR count). The van der Waals surface area contributed by atoms with Crippen molar-refractivity contribution in [2.75, 3.05) is 7.11 Å². The maximum absolute atomic E-state index is 8.60. The van der Waals surface area contributed by atoms with Crippen LogP contribution in [0.1, 0.15) is 6.92 Å². The molecule has 0 amide bonds. The van der Waals surface area contributed by atoms with Crippen LogP contribution in [0.5, 0.6) is 0 Å². The Hall–Kier alpha value is -0.740. The maximum Gasteiger partial charge on any atom is 0.272 e. The zero-order valence-corrected chi connectivity index (χ0v) is 7.35. The first-order valence-electron chi connectivity index (χ1n) is 3.25. The monoisotopic (exact) mass is 195 g/mol. The summed E-state index contributed by atoms with van der Waals surface area (Å²) in [7, 11) is 1.29. The Kier molecular flexibility index (Phi) is 5.50. The van der Waals surface area contributed by atoms with Crippen LogP contribution in [0, 0.1) is 0 Å². The molecule has 0 heterocycles. The van der Waals surface area contributed by atoms with E-state index in [9.17, 15) is 0 Å². The Bertz CT molecular complexity index is 151. The van der Waals surface area contributed by atoms with Crippen molar-refractivity contribution >= 4 is 0 Å². The smallest absolute Gasteiger partial charge is 0.272 e. The van der Waals surface area contributed by atoms with Crippen molar-refractivity contribution in [3.8, 4) is 0 Å². The SMILES string of the molecule is C=CN(ONO)O[C@@](C)(NO)OC. The fourth-order valence-corrected chi connectivity index (χ4v) is 0.408. The van der Waals surface area contributed by atoms with Crippen molar-refractivity contribution in [1.29, 1.82) is 0 Å². The number of ether oxygens (including phenoxy) is 1. The Labute approximate surface area is 75.1 Å². The van der Waals surface area contributed by atoms with E-state index in [1.54, 1.807) is 5.48 Å². The molecular formula is C5H13N3O5. The van der Waals surface area contributed by atoms with E-state index in [0.29, 0.717) is 5.23 Å². The highest BCUT2D eigenvalue weighted by atomic mass is 17.1. The van der Waals surface area contributed by atoms with Gasteiger partial charge in [-0.15, -0.1) is 15.6 Å². The molecule has 0 fully saturated rings. The van der Waals surface area contributed by atoms with Crippen molar-refractivity contribution in [1.82, 2.24) is 16.4 Å². The molecule has 0 saturated carbocycles. The summed E-state index contributed by atoms with van der Waals surface area (Å²) in [6, 6.07) is 0. The average Bonchev–Trinajstić information content (AvgIpc) is 2.17. The Balaban J connectivity index is 4.10. The van der Waals surface area contributed by atoms with Crippen molar-refractivity contribution in [3.63, 3.8) is 0 Å². The molecule has 0 aliphatic carbocycles. The van der Waals surface area contributed by atoms with Crippen LogP contribution in [0.4, 0.5) is 0 Å². The highest BCUT2D eigenvalue weighted by Gasteiger charge is 2.27. The van der Waals surface area contributed by atoms with Crippen molar-refractivity contribution < 1.29 is 24.9 Å². The van der Waals surface area contributed by atoms with E-state index in [-0.39, 0.29) is 0 Å². The van der Waals surface area contributed by atoms with Crippen LogP contribution in [0.25, 0.3) is 0 Å².